The molecule has 0 aliphatic rings. The van der Waals surface area contributed by atoms with Crippen LogP contribution in [0.2, 0.25) is 0 Å². The number of hydrogen-bond donors (Lipinski definition) is 0. The molecular weight excluding hydrogens is 148 g/mol. The molecule has 0 spiro atoms. The zero-order valence-electron chi connectivity index (χ0n) is 6.23. The molecule has 0 aliphatic carbocycles. The van der Waals surface area contributed by atoms with Crippen LogP contribution >= 0.6 is 0 Å². The Labute approximate surface area is 66.6 Å². The van der Waals surface area contributed by atoms with Crippen LogP contribution in [-0.4, -0.2) is 4.88 Å². The van der Waals surface area contributed by atoms with Crippen molar-refractivity contribution in [3.05, 3.63) is 0 Å². The minimum atomic E-state index is 1.25. The van der Waals surface area contributed by atoms with Gasteiger partial charge in [-0.25, -0.2) is 0 Å². The van der Waals surface area contributed by atoms with Crippen molar-refractivity contribution in [3.8, 4) is 0 Å². The Hall–Kier alpha value is 0.402. The molecule has 0 nitrogen and oxygen atoms in total. The van der Waals surface area contributed by atoms with Crippen molar-refractivity contribution >= 4 is 4.88 Å². The third-order valence-corrected chi connectivity index (χ3v) is 1.79. The molecular formula is C8H16Cr. The Bertz CT molecular complexity index is 59.6. The van der Waals surface area contributed by atoms with E-state index in [1.165, 1.54) is 38.5 Å². The maximum atomic E-state index is 2.91. The predicted octanol–water partition coefficient (Wildman–Crippen LogP) is 2.70. The van der Waals surface area contributed by atoms with E-state index in [0.717, 1.165) is 0 Å². The van der Waals surface area contributed by atoms with E-state index in [1.807, 2.05) is 0 Å². The molecule has 1 heteroatoms. The third-order valence-electron chi connectivity index (χ3n) is 1.43. The summed E-state index contributed by atoms with van der Waals surface area (Å²) in [5.41, 5.74) is 0. The molecule has 54 valence electrons. The molecule has 0 unspecified atom stereocenters. The fourth-order valence-electron chi connectivity index (χ4n) is 0.831. The van der Waals surface area contributed by atoms with Crippen LogP contribution in [0.15, 0.2) is 0 Å². The summed E-state index contributed by atoms with van der Waals surface area (Å²) in [5.74, 6) is 0. The van der Waals surface area contributed by atoms with Gasteiger partial charge in [0.2, 0.25) is 0 Å². The second kappa shape index (κ2) is 8.40. The van der Waals surface area contributed by atoms with Crippen LogP contribution in [0.3, 0.4) is 0 Å². The van der Waals surface area contributed by atoms with Crippen molar-refractivity contribution in [2.45, 2.75) is 45.4 Å². The van der Waals surface area contributed by atoms with Crippen molar-refractivity contribution in [1.82, 2.24) is 0 Å². The normalized spacial score (nSPS) is 9.44. The van der Waals surface area contributed by atoms with E-state index >= 15 is 0 Å². The van der Waals surface area contributed by atoms with E-state index in [9.17, 15) is 0 Å². The fraction of sp³-hybridized carbons (Fsp3) is 0.875. The van der Waals surface area contributed by atoms with Gasteiger partial charge in [-0.05, 0) is 0 Å². The number of unbranched alkanes of at least 4 members (excludes halogenated alkanes) is 5. The van der Waals surface area contributed by atoms with Crippen LogP contribution in [-0.2, 0) is 15.9 Å². The van der Waals surface area contributed by atoms with Crippen molar-refractivity contribution in [2.75, 3.05) is 0 Å². The SMILES string of the molecule is CCCCCCC[CH]=[Cr]. The molecule has 0 aromatic heterocycles. The van der Waals surface area contributed by atoms with Crippen LogP contribution < -0.4 is 0 Å². The van der Waals surface area contributed by atoms with E-state index in [1.54, 1.807) is 0 Å². The number of rotatable bonds is 6. The molecule has 0 saturated heterocycles. The number of hydrogen-bond acceptors (Lipinski definition) is 0. The molecule has 0 heterocycles. The van der Waals surface area contributed by atoms with Crippen molar-refractivity contribution in [1.29, 1.82) is 0 Å². The zero-order chi connectivity index (χ0) is 6.95. The maximum absolute atomic E-state index is 2.91. The average Bonchev–Trinajstić information content (AvgIpc) is 1.89. The third kappa shape index (κ3) is 8.40. The van der Waals surface area contributed by atoms with Gasteiger partial charge in [0.1, 0.15) is 0 Å². The Morgan fingerprint density at radius 3 is 2.33 bits per heavy atom. The predicted molar refractivity (Wildman–Crippen MR) is 39.4 cm³/mol. The molecule has 0 bridgehead atoms. The Balaban J connectivity index is 2.66. The molecule has 0 aromatic rings. The first-order chi connectivity index (χ1) is 4.41. The molecule has 0 aromatic carbocycles. The van der Waals surface area contributed by atoms with Crippen molar-refractivity contribution in [2.24, 2.45) is 0 Å². The molecule has 0 aliphatic heterocycles. The van der Waals surface area contributed by atoms with E-state index in [4.69, 9.17) is 0 Å². The monoisotopic (exact) mass is 164 g/mol. The van der Waals surface area contributed by atoms with Gasteiger partial charge in [-0.15, -0.1) is 0 Å². The van der Waals surface area contributed by atoms with Gasteiger partial charge in [-0.2, -0.15) is 0 Å². The van der Waals surface area contributed by atoms with Crippen molar-refractivity contribution < 1.29 is 15.9 Å². The molecule has 0 N–H and O–H groups in total. The van der Waals surface area contributed by atoms with Gasteiger partial charge in [0, 0.05) is 0 Å². The van der Waals surface area contributed by atoms with Gasteiger partial charge in [-0.3, -0.25) is 0 Å². The fourth-order valence-corrected chi connectivity index (χ4v) is 1.09. The molecule has 9 heavy (non-hydrogen) atoms. The summed E-state index contributed by atoms with van der Waals surface area (Å²) in [6, 6.07) is 0. The van der Waals surface area contributed by atoms with Crippen LogP contribution in [0, 0.1) is 0 Å². The summed E-state index contributed by atoms with van der Waals surface area (Å²) in [5, 5.41) is 0. The van der Waals surface area contributed by atoms with Gasteiger partial charge in [-0.1, -0.05) is 0 Å². The Morgan fingerprint density at radius 1 is 1.11 bits per heavy atom. The molecule has 0 amide bonds. The molecule has 0 radical (unpaired) electrons. The summed E-state index contributed by atoms with van der Waals surface area (Å²) in [6.45, 7) is 2.25. The van der Waals surface area contributed by atoms with E-state index < -0.39 is 0 Å². The van der Waals surface area contributed by atoms with E-state index in [0.29, 0.717) is 0 Å². The van der Waals surface area contributed by atoms with Gasteiger partial charge in [0.05, 0.1) is 0 Å². The van der Waals surface area contributed by atoms with Crippen LogP contribution in [0.1, 0.15) is 45.4 Å². The standard InChI is InChI=1S/C8H16.Cr/c1-3-5-7-8-6-4-2;/h1H,3-8H2,2H3;. The average molecular weight is 164 g/mol. The molecule has 0 rings (SSSR count). The first-order valence-corrected chi connectivity index (χ1v) is 4.59. The van der Waals surface area contributed by atoms with E-state index in [2.05, 4.69) is 27.7 Å². The second-order valence-corrected chi connectivity index (χ2v) is 2.89. The summed E-state index contributed by atoms with van der Waals surface area (Å²) in [7, 11) is 0. The van der Waals surface area contributed by atoms with Gasteiger partial charge in [0.15, 0.2) is 0 Å². The zero-order valence-corrected chi connectivity index (χ0v) is 7.50. The van der Waals surface area contributed by atoms with Crippen LogP contribution in [0.5, 0.6) is 0 Å². The molecule has 0 saturated carbocycles. The van der Waals surface area contributed by atoms with Gasteiger partial charge >= 0.3 is 66.2 Å². The molecule has 0 atom stereocenters. The van der Waals surface area contributed by atoms with E-state index in [-0.39, 0.29) is 0 Å². The summed E-state index contributed by atoms with van der Waals surface area (Å²) in [4.78, 5) is 2.13. The first kappa shape index (κ1) is 9.40. The summed E-state index contributed by atoms with van der Waals surface area (Å²) >= 11 is 2.91. The second-order valence-electron chi connectivity index (χ2n) is 2.37. The minimum absolute atomic E-state index is 1.25. The topological polar surface area (TPSA) is 0 Å². The Morgan fingerprint density at radius 2 is 1.78 bits per heavy atom. The van der Waals surface area contributed by atoms with Gasteiger partial charge < -0.3 is 0 Å². The quantitative estimate of drug-likeness (QED) is 0.529. The van der Waals surface area contributed by atoms with Gasteiger partial charge in [0.25, 0.3) is 0 Å². The Kier molecular flexibility index (Phi) is 8.78. The van der Waals surface area contributed by atoms with Crippen molar-refractivity contribution in [3.63, 3.8) is 0 Å². The van der Waals surface area contributed by atoms with Crippen LogP contribution in [0.25, 0.3) is 0 Å². The summed E-state index contributed by atoms with van der Waals surface area (Å²) < 4.78 is 0. The molecule has 0 fully saturated rings. The summed E-state index contributed by atoms with van der Waals surface area (Å²) in [6.07, 6.45) is 8.21. The first-order valence-electron chi connectivity index (χ1n) is 3.85. The van der Waals surface area contributed by atoms with Crippen LogP contribution in [0.4, 0.5) is 0 Å².